The molecule has 0 aliphatic rings. The highest BCUT2D eigenvalue weighted by Crippen LogP contribution is 2.39. The molecule has 0 spiro atoms. The molecule has 1 aromatic rings. The molecular weight excluding hydrogens is 263 g/mol. The Balaban J connectivity index is 3.59. The Kier molecular flexibility index (Phi) is 3.41. The topological polar surface area (TPSA) is 29.5 Å². The number of hydrogen-bond donors (Lipinski definition) is 1. The van der Waals surface area contributed by atoms with Gasteiger partial charge in [-0.1, -0.05) is 0 Å². The van der Waals surface area contributed by atoms with Crippen LogP contribution in [0, 0.1) is 12.7 Å². The second kappa shape index (κ2) is 4.10. The molecule has 0 unspecified atom stereocenters. The molecule has 0 amide bonds. The van der Waals surface area contributed by atoms with Crippen molar-refractivity contribution < 1.29 is 14.2 Å². The van der Waals surface area contributed by atoms with Gasteiger partial charge in [0.15, 0.2) is 0 Å². The summed E-state index contributed by atoms with van der Waals surface area (Å²) in [6.07, 6.45) is 0. The lowest BCUT2D eigenvalue weighted by Gasteiger charge is -2.24. The zero-order valence-electron chi connectivity index (χ0n) is 9.19. The second-order valence-electron chi connectivity index (χ2n) is 3.93. The standard InChI is InChI=1S/C11H14BrFO2/c1-6-8(13)5-7(12)10(15-4)9(6)11(2,3)14/h5,14H,1-4H3. The SMILES string of the molecule is COc1c(Br)cc(F)c(C)c1C(C)(C)O. The fourth-order valence-electron chi connectivity index (χ4n) is 1.63. The highest BCUT2D eigenvalue weighted by molar-refractivity contribution is 9.10. The van der Waals surface area contributed by atoms with E-state index in [0.717, 1.165) is 0 Å². The normalized spacial score (nSPS) is 11.7. The van der Waals surface area contributed by atoms with Crippen LogP contribution in [-0.2, 0) is 5.60 Å². The third-order valence-electron chi connectivity index (χ3n) is 2.25. The van der Waals surface area contributed by atoms with E-state index < -0.39 is 5.60 Å². The summed E-state index contributed by atoms with van der Waals surface area (Å²) in [5, 5.41) is 9.96. The third kappa shape index (κ3) is 2.32. The highest BCUT2D eigenvalue weighted by atomic mass is 79.9. The Morgan fingerprint density at radius 1 is 1.47 bits per heavy atom. The zero-order chi connectivity index (χ0) is 11.8. The number of rotatable bonds is 2. The van der Waals surface area contributed by atoms with Crippen LogP contribution in [0.2, 0.25) is 0 Å². The molecule has 2 nitrogen and oxygen atoms in total. The van der Waals surface area contributed by atoms with Crippen molar-refractivity contribution in [2.75, 3.05) is 7.11 Å². The smallest absolute Gasteiger partial charge is 0.139 e. The van der Waals surface area contributed by atoms with Crippen molar-refractivity contribution >= 4 is 15.9 Å². The third-order valence-corrected chi connectivity index (χ3v) is 2.84. The van der Waals surface area contributed by atoms with Gasteiger partial charge in [0.2, 0.25) is 0 Å². The predicted molar refractivity (Wildman–Crippen MR) is 60.6 cm³/mol. The summed E-state index contributed by atoms with van der Waals surface area (Å²) in [5.41, 5.74) is -0.264. The molecule has 4 heteroatoms. The van der Waals surface area contributed by atoms with Gasteiger partial charge in [0.05, 0.1) is 17.2 Å². The van der Waals surface area contributed by atoms with Gasteiger partial charge in [0.1, 0.15) is 11.6 Å². The van der Waals surface area contributed by atoms with E-state index in [4.69, 9.17) is 4.74 Å². The number of aliphatic hydroxyl groups is 1. The fraction of sp³-hybridized carbons (Fsp3) is 0.455. The van der Waals surface area contributed by atoms with Crippen molar-refractivity contribution in [1.29, 1.82) is 0 Å². The molecule has 0 aliphatic carbocycles. The maximum absolute atomic E-state index is 13.5. The van der Waals surface area contributed by atoms with Gasteiger partial charge in [-0.25, -0.2) is 4.39 Å². The van der Waals surface area contributed by atoms with Crippen LogP contribution in [0.3, 0.4) is 0 Å². The van der Waals surface area contributed by atoms with Crippen molar-refractivity contribution in [2.45, 2.75) is 26.4 Å². The van der Waals surface area contributed by atoms with E-state index >= 15 is 0 Å². The molecule has 0 aromatic heterocycles. The fourth-order valence-corrected chi connectivity index (χ4v) is 2.19. The summed E-state index contributed by atoms with van der Waals surface area (Å²) >= 11 is 3.21. The van der Waals surface area contributed by atoms with Gasteiger partial charge in [-0.05, 0) is 48.3 Å². The number of ether oxygens (including phenoxy) is 1. The van der Waals surface area contributed by atoms with Crippen molar-refractivity contribution in [1.82, 2.24) is 0 Å². The predicted octanol–water partition coefficient (Wildman–Crippen LogP) is 3.13. The lowest BCUT2D eigenvalue weighted by Crippen LogP contribution is -2.19. The molecule has 0 heterocycles. The van der Waals surface area contributed by atoms with E-state index in [2.05, 4.69) is 15.9 Å². The Morgan fingerprint density at radius 2 is 2.00 bits per heavy atom. The van der Waals surface area contributed by atoms with Gasteiger partial charge in [-0.15, -0.1) is 0 Å². The maximum atomic E-state index is 13.5. The van der Waals surface area contributed by atoms with Crippen LogP contribution in [0.25, 0.3) is 0 Å². The average Bonchev–Trinajstić information content (AvgIpc) is 2.08. The van der Waals surface area contributed by atoms with Gasteiger partial charge in [-0.2, -0.15) is 0 Å². The summed E-state index contributed by atoms with van der Waals surface area (Å²) in [5.74, 6) is 0.112. The van der Waals surface area contributed by atoms with Crippen LogP contribution < -0.4 is 4.74 Å². The minimum Gasteiger partial charge on any atom is -0.495 e. The first kappa shape index (κ1) is 12.5. The van der Waals surface area contributed by atoms with Crippen molar-refractivity contribution in [3.63, 3.8) is 0 Å². The molecule has 0 atom stereocenters. The van der Waals surface area contributed by atoms with E-state index in [-0.39, 0.29) is 5.82 Å². The molecule has 0 saturated heterocycles. The van der Waals surface area contributed by atoms with Crippen molar-refractivity contribution in [3.05, 3.63) is 27.5 Å². The van der Waals surface area contributed by atoms with Crippen LogP contribution in [-0.4, -0.2) is 12.2 Å². The van der Waals surface area contributed by atoms with E-state index in [9.17, 15) is 9.50 Å². The van der Waals surface area contributed by atoms with Gasteiger partial charge in [0.25, 0.3) is 0 Å². The van der Waals surface area contributed by atoms with Crippen LogP contribution in [0.4, 0.5) is 4.39 Å². The molecule has 15 heavy (non-hydrogen) atoms. The Morgan fingerprint density at radius 3 is 2.40 bits per heavy atom. The first-order valence-corrected chi connectivity index (χ1v) is 5.33. The van der Waals surface area contributed by atoms with Crippen LogP contribution in [0.5, 0.6) is 5.75 Å². The van der Waals surface area contributed by atoms with Crippen LogP contribution in [0.1, 0.15) is 25.0 Å². The number of halogens is 2. The van der Waals surface area contributed by atoms with Gasteiger partial charge in [0, 0.05) is 5.56 Å². The largest absolute Gasteiger partial charge is 0.495 e. The molecule has 84 valence electrons. The van der Waals surface area contributed by atoms with Gasteiger partial charge >= 0.3 is 0 Å². The van der Waals surface area contributed by atoms with Crippen molar-refractivity contribution in [2.24, 2.45) is 0 Å². The summed E-state index contributed by atoms with van der Waals surface area (Å²) in [4.78, 5) is 0. The molecular formula is C11H14BrFO2. The molecule has 0 radical (unpaired) electrons. The van der Waals surface area contributed by atoms with Crippen molar-refractivity contribution in [3.8, 4) is 5.75 Å². The molecule has 0 aliphatic heterocycles. The Hall–Kier alpha value is -0.610. The van der Waals surface area contributed by atoms with E-state index in [0.29, 0.717) is 21.3 Å². The summed E-state index contributed by atoms with van der Waals surface area (Å²) in [6.45, 7) is 4.82. The summed E-state index contributed by atoms with van der Waals surface area (Å²) in [7, 11) is 1.49. The minimum absolute atomic E-state index is 0.361. The Labute approximate surface area is 97.2 Å². The zero-order valence-corrected chi connectivity index (χ0v) is 10.8. The van der Waals surface area contributed by atoms with Gasteiger partial charge < -0.3 is 9.84 Å². The van der Waals surface area contributed by atoms with Crippen LogP contribution in [0.15, 0.2) is 10.5 Å². The molecule has 0 bridgehead atoms. The van der Waals surface area contributed by atoms with Gasteiger partial charge in [-0.3, -0.25) is 0 Å². The highest BCUT2D eigenvalue weighted by Gasteiger charge is 2.27. The average molecular weight is 277 g/mol. The molecule has 1 aromatic carbocycles. The molecule has 1 N–H and O–H groups in total. The Bertz CT molecular complexity index is 383. The van der Waals surface area contributed by atoms with E-state index in [1.807, 2.05) is 0 Å². The van der Waals surface area contributed by atoms with E-state index in [1.54, 1.807) is 20.8 Å². The summed E-state index contributed by atoms with van der Waals surface area (Å²) in [6, 6.07) is 1.34. The number of methoxy groups -OCH3 is 1. The first-order chi connectivity index (χ1) is 6.79. The number of hydrogen-bond acceptors (Lipinski definition) is 2. The van der Waals surface area contributed by atoms with Crippen LogP contribution >= 0.6 is 15.9 Å². The molecule has 0 saturated carbocycles. The second-order valence-corrected chi connectivity index (χ2v) is 4.79. The maximum Gasteiger partial charge on any atom is 0.139 e. The lowest BCUT2D eigenvalue weighted by molar-refractivity contribution is 0.0743. The minimum atomic E-state index is -1.14. The molecule has 1 rings (SSSR count). The number of benzene rings is 1. The summed E-state index contributed by atoms with van der Waals surface area (Å²) < 4.78 is 19.2. The first-order valence-electron chi connectivity index (χ1n) is 4.54. The van der Waals surface area contributed by atoms with E-state index in [1.165, 1.54) is 13.2 Å². The monoisotopic (exact) mass is 276 g/mol. The lowest BCUT2D eigenvalue weighted by atomic mass is 9.92. The quantitative estimate of drug-likeness (QED) is 0.899. The molecule has 0 fully saturated rings.